The molecule has 138 valence electrons. The van der Waals surface area contributed by atoms with Crippen LogP contribution in [0.25, 0.3) is 22.6 Å². The number of hydrogen-bond acceptors (Lipinski definition) is 5. The largest absolute Gasteiger partial charge is 0.304 e. The van der Waals surface area contributed by atoms with Crippen LogP contribution in [0.4, 0.5) is 0 Å². The van der Waals surface area contributed by atoms with E-state index < -0.39 is 0 Å². The zero-order valence-electron chi connectivity index (χ0n) is 15.3. The summed E-state index contributed by atoms with van der Waals surface area (Å²) in [6.07, 6.45) is 1.72. The van der Waals surface area contributed by atoms with Crippen molar-refractivity contribution in [1.29, 1.82) is 0 Å². The zero-order chi connectivity index (χ0) is 19.3. The molecule has 2 aromatic carbocycles. The number of aromatic nitrogens is 4. The predicted octanol–water partition coefficient (Wildman–Crippen LogP) is 4.52. The highest BCUT2D eigenvalue weighted by atomic mass is 32.2. The number of carbonyl (C=O) groups is 1. The Morgan fingerprint density at radius 1 is 0.893 bits per heavy atom. The minimum absolute atomic E-state index is 0.0620. The normalized spacial score (nSPS) is 10.8. The maximum atomic E-state index is 12.6. The van der Waals surface area contributed by atoms with Crippen molar-refractivity contribution in [2.45, 2.75) is 5.16 Å². The third-order valence-electron chi connectivity index (χ3n) is 4.38. The Morgan fingerprint density at radius 3 is 2.32 bits per heavy atom. The molecule has 0 bridgehead atoms. The molecule has 0 saturated heterocycles. The molecule has 0 saturated carbocycles. The molecule has 0 aliphatic carbocycles. The first-order valence-electron chi connectivity index (χ1n) is 8.84. The average Bonchev–Trinajstić information content (AvgIpc) is 3.13. The fraction of sp³-hybridized carbons (Fsp3) is 0.0909. The number of thioether (sulfide) groups is 1. The summed E-state index contributed by atoms with van der Waals surface area (Å²) in [5, 5.41) is 9.09. The summed E-state index contributed by atoms with van der Waals surface area (Å²) >= 11 is 1.38. The van der Waals surface area contributed by atoms with E-state index in [4.69, 9.17) is 0 Å². The van der Waals surface area contributed by atoms with Gasteiger partial charge in [-0.25, -0.2) is 0 Å². The van der Waals surface area contributed by atoms with Gasteiger partial charge in [0, 0.05) is 18.8 Å². The lowest BCUT2D eigenvalue weighted by molar-refractivity contribution is 0.102. The van der Waals surface area contributed by atoms with Gasteiger partial charge in [-0.05, 0) is 23.3 Å². The molecule has 0 N–H and O–H groups in total. The van der Waals surface area contributed by atoms with Crippen molar-refractivity contribution in [3.05, 3.63) is 84.6 Å². The number of Topliss-reactive ketones (excluding diaryl/α,β-unsaturated/α-hetero) is 1. The van der Waals surface area contributed by atoms with Crippen molar-refractivity contribution < 1.29 is 4.79 Å². The SMILES string of the molecule is Cn1c(SCC(=O)c2ccc(-c3ccccc3)cc2)nnc1-c1ccccn1. The van der Waals surface area contributed by atoms with E-state index in [-0.39, 0.29) is 5.78 Å². The standard InChI is InChI=1S/C22H18N4OS/c1-26-21(19-9-5-6-14-23-19)24-25-22(26)28-15-20(27)18-12-10-17(11-13-18)16-7-3-2-4-8-16/h2-14H,15H2,1H3. The summed E-state index contributed by atoms with van der Waals surface area (Å²) in [5.74, 6) is 1.05. The van der Waals surface area contributed by atoms with Gasteiger partial charge in [-0.3, -0.25) is 9.78 Å². The smallest absolute Gasteiger partial charge is 0.191 e. The zero-order valence-corrected chi connectivity index (χ0v) is 16.1. The van der Waals surface area contributed by atoms with E-state index in [2.05, 4.69) is 27.3 Å². The average molecular weight is 386 g/mol. The lowest BCUT2D eigenvalue weighted by Gasteiger charge is -2.05. The number of hydrogen-bond donors (Lipinski definition) is 0. The van der Waals surface area contributed by atoms with Gasteiger partial charge in [0.2, 0.25) is 0 Å². The molecule has 2 aromatic heterocycles. The number of nitrogens with zero attached hydrogens (tertiary/aromatic N) is 4. The first-order valence-corrected chi connectivity index (χ1v) is 9.83. The number of carbonyl (C=O) groups excluding carboxylic acids is 1. The van der Waals surface area contributed by atoms with Crippen LogP contribution in [0.1, 0.15) is 10.4 Å². The maximum Gasteiger partial charge on any atom is 0.191 e. The van der Waals surface area contributed by atoms with Crippen LogP contribution in [0.5, 0.6) is 0 Å². The summed E-state index contributed by atoms with van der Waals surface area (Å²) in [5.41, 5.74) is 3.68. The Balaban J connectivity index is 1.43. The minimum Gasteiger partial charge on any atom is -0.304 e. The highest BCUT2D eigenvalue weighted by Crippen LogP contribution is 2.23. The van der Waals surface area contributed by atoms with Crippen LogP contribution in [0.2, 0.25) is 0 Å². The summed E-state index contributed by atoms with van der Waals surface area (Å²) in [7, 11) is 1.88. The Hall–Kier alpha value is -3.25. The molecule has 0 amide bonds. The van der Waals surface area contributed by atoms with Gasteiger partial charge in [-0.2, -0.15) is 0 Å². The lowest BCUT2D eigenvalue weighted by atomic mass is 10.0. The fourth-order valence-electron chi connectivity index (χ4n) is 2.85. The number of pyridine rings is 1. The topological polar surface area (TPSA) is 60.7 Å². The van der Waals surface area contributed by atoms with Crippen LogP contribution in [0, 0.1) is 0 Å². The van der Waals surface area contributed by atoms with Crippen LogP contribution >= 0.6 is 11.8 Å². The van der Waals surface area contributed by atoms with Crippen LogP contribution < -0.4 is 0 Å². The predicted molar refractivity (Wildman–Crippen MR) is 111 cm³/mol. The third kappa shape index (κ3) is 3.87. The Bertz CT molecular complexity index is 1080. The molecule has 0 unspecified atom stereocenters. The van der Waals surface area contributed by atoms with Gasteiger partial charge in [-0.1, -0.05) is 72.4 Å². The van der Waals surface area contributed by atoms with Gasteiger partial charge >= 0.3 is 0 Å². The first-order chi connectivity index (χ1) is 13.7. The second-order valence-electron chi connectivity index (χ2n) is 6.24. The summed E-state index contributed by atoms with van der Waals surface area (Å²) in [6.45, 7) is 0. The second-order valence-corrected chi connectivity index (χ2v) is 7.18. The van der Waals surface area contributed by atoms with E-state index in [0.717, 1.165) is 16.8 Å². The summed E-state index contributed by atoms with van der Waals surface area (Å²) < 4.78 is 1.86. The summed E-state index contributed by atoms with van der Waals surface area (Å²) in [4.78, 5) is 16.9. The minimum atomic E-state index is 0.0620. The van der Waals surface area contributed by atoms with E-state index in [1.54, 1.807) is 6.20 Å². The van der Waals surface area contributed by atoms with Gasteiger partial charge < -0.3 is 4.57 Å². The number of ketones is 1. The van der Waals surface area contributed by atoms with E-state index in [0.29, 0.717) is 22.3 Å². The molecule has 0 radical (unpaired) electrons. The van der Waals surface area contributed by atoms with Crippen molar-refractivity contribution in [2.24, 2.45) is 7.05 Å². The highest BCUT2D eigenvalue weighted by molar-refractivity contribution is 7.99. The Labute approximate surface area is 167 Å². The maximum absolute atomic E-state index is 12.6. The molecule has 4 rings (SSSR count). The third-order valence-corrected chi connectivity index (χ3v) is 5.40. The molecule has 4 aromatic rings. The first kappa shape index (κ1) is 18.1. The Morgan fingerprint density at radius 2 is 1.61 bits per heavy atom. The highest BCUT2D eigenvalue weighted by Gasteiger charge is 2.14. The van der Waals surface area contributed by atoms with E-state index >= 15 is 0 Å². The van der Waals surface area contributed by atoms with Gasteiger partial charge in [0.25, 0.3) is 0 Å². The number of rotatable bonds is 6. The molecule has 0 aliphatic rings. The van der Waals surface area contributed by atoms with E-state index in [9.17, 15) is 4.79 Å². The van der Waals surface area contributed by atoms with Crippen LogP contribution in [0.15, 0.2) is 84.1 Å². The van der Waals surface area contributed by atoms with Gasteiger partial charge in [-0.15, -0.1) is 10.2 Å². The second kappa shape index (κ2) is 8.19. The monoisotopic (exact) mass is 386 g/mol. The van der Waals surface area contributed by atoms with Gasteiger partial charge in [0.1, 0.15) is 5.69 Å². The van der Waals surface area contributed by atoms with Crippen molar-refractivity contribution in [3.63, 3.8) is 0 Å². The fourth-order valence-corrected chi connectivity index (χ4v) is 3.66. The number of benzene rings is 2. The molecule has 2 heterocycles. The molecule has 5 nitrogen and oxygen atoms in total. The van der Waals surface area contributed by atoms with Gasteiger partial charge in [0.15, 0.2) is 16.8 Å². The Kier molecular flexibility index (Phi) is 5.30. The van der Waals surface area contributed by atoms with Crippen molar-refractivity contribution in [3.8, 4) is 22.6 Å². The molecule has 0 atom stereocenters. The van der Waals surface area contributed by atoms with Crippen molar-refractivity contribution >= 4 is 17.5 Å². The van der Waals surface area contributed by atoms with Gasteiger partial charge in [0.05, 0.1) is 5.75 Å². The van der Waals surface area contributed by atoms with Crippen LogP contribution in [-0.2, 0) is 7.05 Å². The molecular weight excluding hydrogens is 368 g/mol. The lowest BCUT2D eigenvalue weighted by Crippen LogP contribution is -2.04. The molecule has 28 heavy (non-hydrogen) atoms. The van der Waals surface area contributed by atoms with Crippen LogP contribution in [-0.4, -0.2) is 31.3 Å². The van der Waals surface area contributed by atoms with Crippen molar-refractivity contribution in [2.75, 3.05) is 5.75 Å². The molecule has 0 aliphatic heterocycles. The molecular formula is C22H18N4OS. The molecule has 0 spiro atoms. The van der Waals surface area contributed by atoms with E-state index in [1.807, 2.05) is 72.3 Å². The summed E-state index contributed by atoms with van der Waals surface area (Å²) in [6, 6.07) is 23.5. The van der Waals surface area contributed by atoms with Crippen LogP contribution in [0.3, 0.4) is 0 Å². The van der Waals surface area contributed by atoms with Crippen molar-refractivity contribution in [1.82, 2.24) is 19.7 Å². The quantitative estimate of drug-likeness (QED) is 0.360. The molecule has 0 fully saturated rings. The molecule has 6 heteroatoms. The van der Waals surface area contributed by atoms with E-state index in [1.165, 1.54) is 11.8 Å².